The lowest BCUT2D eigenvalue weighted by atomic mass is 10.3. The van der Waals surface area contributed by atoms with Crippen LogP contribution in [0.5, 0.6) is 0 Å². The first-order valence-corrected chi connectivity index (χ1v) is 21.8. The van der Waals surface area contributed by atoms with Crippen molar-refractivity contribution < 1.29 is 190 Å². The van der Waals surface area contributed by atoms with Crippen LogP contribution in [0.15, 0.2) is 0 Å². The monoisotopic (exact) mass is 1220 g/mol. The third kappa shape index (κ3) is 34.9. The molecule has 0 aliphatic rings. The number of ether oxygens (including phenoxy) is 14. The first-order chi connectivity index (χ1) is 35.5. The van der Waals surface area contributed by atoms with E-state index in [4.69, 9.17) is 29.2 Å². The molecule has 470 valence electrons. The van der Waals surface area contributed by atoms with Crippen molar-refractivity contribution in [3.8, 4) is 0 Å². The number of halogens is 20. The van der Waals surface area contributed by atoms with Gasteiger partial charge in [-0.05, 0) is 25.7 Å². The molecule has 7 N–H and O–H groups in total. The van der Waals surface area contributed by atoms with E-state index in [1.54, 1.807) is 0 Å². The van der Waals surface area contributed by atoms with Gasteiger partial charge < -0.3 is 73.6 Å². The quantitative estimate of drug-likeness (QED) is 0.0261. The second-order valence-corrected chi connectivity index (χ2v) is 15.6. The summed E-state index contributed by atoms with van der Waals surface area (Å²) in [7, 11) is 0. The zero-order valence-electron chi connectivity index (χ0n) is 39.8. The first kappa shape index (κ1) is 75.8. The minimum atomic E-state index is -7.01. The van der Waals surface area contributed by atoms with Crippen molar-refractivity contribution >= 4 is 0 Å². The molecule has 41 heteroatoms. The maximum Gasteiger partial charge on any atom is 0.495 e. The molecule has 5 atom stereocenters. The molecule has 0 saturated heterocycles. The third-order valence-corrected chi connectivity index (χ3v) is 7.84. The summed E-state index contributed by atoms with van der Waals surface area (Å²) in [5, 5.41) is 65.4. The lowest BCUT2D eigenvalue weighted by Gasteiger charge is -2.32. The SMILES string of the molecule is OCCCCOCC(O)COCC(O)COCC(F)(F)OC(F)(F)OC(F)(F)C(F)(F)OC(F)(F)COCC(O)COCC(F)(F)OC(F)(F)OC(F)(F)C(F)(F)OC(F)(F)COCC(O)COCC(O)COCCCCO. The molecule has 0 aromatic carbocycles. The molecule has 78 heavy (non-hydrogen) atoms. The van der Waals surface area contributed by atoms with E-state index in [1.165, 1.54) is 0 Å². The molecule has 5 unspecified atom stereocenters. The zero-order chi connectivity index (χ0) is 60.3. The Hall–Kier alpha value is -2.24. The van der Waals surface area contributed by atoms with Gasteiger partial charge >= 0.3 is 61.5 Å². The molecule has 0 fully saturated rings. The van der Waals surface area contributed by atoms with Crippen LogP contribution in [-0.4, -0.2) is 247 Å². The largest absolute Gasteiger partial charge is 0.495 e. The van der Waals surface area contributed by atoms with Crippen LogP contribution in [0.1, 0.15) is 25.7 Å². The molecular formula is C37H56F20O21. The molecule has 0 bridgehead atoms. The van der Waals surface area contributed by atoms with Gasteiger partial charge in [-0.3, -0.25) is 0 Å². The lowest BCUT2D eigenvalue weighted by molar-refractivity contribution is -0.567. The number of alkyl halides is 20. The summed E-state index contributed by atoms with van der Waals surface area (Å²) in [6.45, 7) is -19.0. The normalized spacial score (nSPS) is 16.2. The predicted molar refractivity (Wildman–Crippen MR) is 205 cm³/mol. The summed E-state index contributed by atoms with van der Waals surface area (Å²) in [5.74, 6) is 0. The van der Waals surface area contributed by atoms with Crippen molar-refractivity contribution in [3.63, 3.8) is 0 Å². The number of unbranched alkanes of at least 4 members (excludes halogenated alkanes) is 2. The van der Waals surface area contributed by atoms with Gasteiger partial charge in [0.25, 0.3) is 0 Å². The fraction of sp³-hybridized carbons (Fsp3) is 1.00. The second-order valence-electron chi connectivity index (χ2n) is 15.6. The predicted octanol–water partition coefficient (Wildman–Crippen LogP) is 3.41. The number of aliphatic hydroxyl groups excluding tert-OH is 7. The molecule has 0 rings (SSSR count). The Morgan fingerprint density at radius 1 is 0.256 bits per heavy atom. The highest BCUT2D eigenvalue weighted by molar-refractivity contribution is 4.73. The molecule has 21 nitrogen and oxygen atoms in total. The van der Waals surface area contributed by atoms with E-state index in [0.29, 0.717) is 25.7 Å². The summed E-state index contributed by atoms with van der Waals surface area (Å²) < 4.78 is 327. The van der Waals surface area contributed by atoms with Gasteiger partial charge in [0, 0.05) is 26.4 Å². The van der Waals surface area contributed by atoms with Crippen LogP contribution in [-0.2, 0) is 66.3 Å². The highest BCUT2D eigenvalue weighted by Crippen LogP contribution is 2.46. The maximum absolute atomic E-state index is 13.9. The van der Waals surface area contributed by atoms with Gasteiger partial charge in [0.2, 0.25) is 0 Å². The Balaban J connectivity index is 4.93. The number of aliphatic hydroxyl groups is 7. The Morgan fingerprint density at radius 3 is 0.705 bits per heavy atom. The van der Waals surface area contributed by atoms with Crippen molar-refractivity contribution in [2.24, 2.45) is 0 Å². The van der Waals surface area contributed by atoms with Crippen molar-refractivity contribution in [1.29, 1.82) is 0 Å². The topological polar surface area (TPSA) is 271 Å². The van der Waals surface area contributed by atoms with Crippen LogP contribution >= 0.6 is 0 Å². The molecule has 0 amide bonds. The molecule has 0 aromatic rings. The summed E-state index contributed by atoms with van der Waals surface area (Å²) in [6.07, 6.45) is -70.3. The zero-order valence-corrected chi connectivity index (χ0v) is 39.8. The van der Waals surface area contributed by atoms with Crippen LogP contribution in [0.2, 0.25) is 0 Å². The van der Waals surface area contributed by atoms with E-state index < -0.39 is 171 Å². The van der Waals surface area contributed by atoms with Gasteiger partial charge in [-0.15, -0.1) is 17.6 Å². The molecule has 0 saturated carbocycles. The molecule has 0 aliphatic carbocycles. The Bertz CT molecular complexity index is 1590. The summed E-state index contributed by atoms with van der Waals surface area (Å²) in [4.78, 5) is 0. The number of hydrogen-bond acceptors (Lipinski definition) is 21. The molecule has 0 aromatic heterocycles. The average molecular weight is 1220 g/mol. The minimum absolute atomic E-state index is 0.111. The van der Waals surface area contributed by atoms with E-state index in [-0.39, 0.29) is 39.6 Å². The van der Waals surface area contributed by atoms with Gasteiger partial charge in [0.1, 0.15) is 56.9 Å². The fourth-order valence-corrected chi connectivity index (χ4v) is 4.66. The molecule has 0 aliphatic heterocycles. The minimum Gasteiger partial charge on any atom is -0.396 e. The van der Waals surface area contributed by atoms with E-state index in [2.05, 4.69) is 47.4 Å². The highest BCUT2D eigenvalue weighted by atomic mass is 19.4. The van der Waals surface area contributed by atoms with E-state index in [1.807, 2.05) is 0 Å². The van der Waals surface area contributed by atoms with Crippen LogP contribution in [0.3, 0.4) is 0 Å². The number of hydrogen-bond donors (Lipinski definition) is 7. The van der Waals surface area contributed by atoms with Crippen LogP contribution in [0.25, 0.3) is 0 Å². The highest BCUT2D eigenvalue weighted by Gasteiger charge is 2.70. The Morgan fingerprint density at radius 2 is 0.462 bits per heavy atom. The van der Waals surface area contributed by atoms with E-state index in [0.717, 1.165) is 0 Å². The van der Waals surface area contributed by atoms with E-state index >= 15 is 0 Å². The Labute approximate surface area is 426 Å². The van der Waals surface area contributed by atoms with Gasteiger partial charge in [0.05, 0.1) is 66.1 Å². The third-order valence-electron chi connectivity index (χ3n) is 7.84. The van der Waals surface area contributed by atoms with E-state index in [9.17, 15) is 113 Å². The first-order valence-electron chi connectivity index (χ1n) is 21.8. The lowest BCUT2D eigenvalue weighted by Crippen LogP contribution is -2.54. The van der Waals surface area contributed by atoms with Gasteiger partial charge in [-0.25, -0.2) is 28.4 Å². The van der Waals surface area contributed by atoms with Crippen LogP contribution in [0.4, 0.5) is 87.8 Å². The second kappa shape index (κ2) is 34.4. The van der Waals surface area contributed by atoms with Crippen LogP contribution < -0.4 is 0 Å². The van der Waals surface area contributed by atoms with Crippen molar-refractivity contribution in [1.82, 2.24) is 0 Å². The van der Waals surface area contributed by atoms with Crippen molar-refractivity contribution in [2.45, 2.75) is 118 Å². The molecular weight excluding hydrogens is 1160 g/mol. The molecule has 0 radical (unpaired) electrons. The Kier molecular flexibility index (Phi) is 33.4. The average Bonchev–Trinajstić information content (AvgIpc) is 3.23. The van der Waals surface area contributed by atoms with Gasteiger partial charge in [0.15, 0.2) is 0 Å². The van der Waals surface area contributed by atoms with Crippen molar-refractivity contribution in [2.75, 3.05) is 119 Å². The summed E-state index contributed by atoms with van der Waals surface area (Å²) >= 11 is 0. The smallest absolute Gasteiger partial charge is 0.396 e. The summed E-state index contributed by atoms with van der Waals surface area (Å²) in [5.41, 5.74) is 0. The molecule has 0 spiro atoms. The van der Waals surface area contributed by atoms with Crippen LogP contribution in [0, 0.1) is 0 Å². The van der Waals surface area contributed by atoms with Gasteiger partial charge in [-0.1, -0.05) is 0 Å². The molecule has 0 heterocycles. The van der Waals surface area contributed by atoms with Crippen molar-refractivity contribution in [3.05, 3.63) is 0 Å². The maximum atomic E-state index is 13.9. The van der Waals surface area contributed by atoms with Gasteiger partial charge in [-0.2, -0.15) is 70.2 Å². The summed E-state index contributed by atoms with van der Waals surface area (Å²) in [6, 6.07) is 0. The number of rotatable bonds is 50. The standard InChI is InChI=1S/C37H56F20O21/c38-28(39,19-69-15-25(62)13-67-11-23(60)9-65-7-3-1-5-58)73-32(46,47)34(50,51)78-37(56,57)76-31(44,45)22-72-18-27(64)17-70-20-29(40,41)74-33(48,49)35(52,53)77-36(54,55)75-30(42,43)21-71-16-26(63)14-68-12-24(61)10-66-8-4-2-6-59/h23-27,58-64H,1-22H2. The fourth-order valence-electron chi connectivity index (χ4n) is 4.66.